The van der Waals surface area contributed by atoms with E-state index in [9.17, 15) is 9.90 Å². The van der Waals surface area contributed by atoms with Gasteiger partial charge in [0.1, 0.15) is 0 Å². The highest BCUT2D eigenvalue weighted by atomic mass is 16.5. The Morgan fingerprint density at radius 2 is 1.81 bits per heavy atom. The van der Waals surface area contributed by atoms with Gasteiger partial charge in [0.2, 0.25) is 0 Å². The highest BCUT2D eigenvalue weighted by Gasteiger charge is 2.18. The lowest BCUT2D eigenvalue weighted by molar-refractivity contribution is 0.102. The van der Waals surface area contributed by atoms with Crippen LogP contribution in [-0.4, -0.2) is 44.4 Å². The minimum Gasteiger partial charge on any atom is -0.493 e. The number of benzene rings is 2. The normalized spacial score (nSPS) is 14.8. The van der Waals surface area contributed by atoms with Crippen LogP contribution < -0.4 is 19.7 Å². The summed E-state index contributed by atoms with van der Waals surface area (Å²) in [7, 11) is 3.13. The van der Waals surface area contributed by atoms with Gasteiger partial charge < -0.3 is 24.8 Å². The monoisotopic (exact) mass is 356 g/mol. The molecule has 0 unspecified atom stereocenters. The number of methoxy groups -OCH3 is 2. The van der Waals surface area contributed by atoms with Crippen molar-refractivity contribution in [2.24, 2.45) is 0 Å². The average molecular weight is 356 g/mol. The summed E-state index contributed by atoms with van der Waals surface area (Å²) >= 11 is 0. The third kappa shape index (κ3) is 4.08. The number of aliphatic hydroxyl groups is 1. The van der Waals surface area contributed by atoms with Crippen LogP contribution in [0.2, 0.25) is 0 Å². The number of hydrogen-bond donors (Lipinski definition) is 2. The lowest BCUT2D eigenvalue weighted by Crippen LogP contribution is -2.35. The molecule has 1 aliphatic heterocycles. The minimum atomic E-state index is -0.220. The van der Waals surface area contributed by atoms with Gasteiger partial charge in [-0.05, 0) is 43.2 Å². The number of anilines is 2. The van der Waals surface area contributed by atoms with Crippen LogP contribution >= 0.6 is 0 Å². The molecule has 6 heteroatoms. The van der Waals surface area contributed by atoms with Crippen molar-refractivity contribution < 1.29 is 19.4 Å². The SMILES string of the molecule is COc1ccc(NC(=O)c2cccc(N3CCC(O)CC3)c2)cc1OC. The summed E-state index contributed by atoms with van der Waals surface area (Å²) in [6.45, 7) is 1.59. The second kappa shape index (κ2) is 8.10. The van der Waals surface area contributed by atoms with E-state index in [0.29, 0.717) is 22.7 Å². The Labute approximate surface area is 153 Å². The highest BCUT2D eigenvalue weighted by Crippen LogP contribution is 2.30. The average Bonchev–Trinajstić information content (AvgIpc) is 2.68. The number of hydrogen-bond acceptors (Lipinski definition) is 5. The van der Waals surface area contributed by atoms with Crippen LogP contribution in [0.25, 0.3) is 0 Å². The molecule has 1 fully saturated rings. The number of carbonyl (C=O) groups is 1. The lowest BCUT2D eigenvalue weighted by atomic mass is 10.1. The molecule has 0 atom stereocenters. The van der Waals surface area contributed by atoms with Crippen molar-refractivity contribution in [2.45, 2.75) is 18.9 Å². The Morgan fingerprint density at radius 1 is 1.08 bits per heavy atom. The first-order valence-electron chi connectivity index (χ1n) is 8.67. The molecule has 0 aliphatic carbocycles. The van der Waals surface area contributed by atoms with E-state index in [1.165, 1.54) is 0 Å². The summed E-state index contributed by atoms with van der Waals surface area (Å²) in [6, 6.07) is 12.8. The number of piperidine rings is 1. The number of nitrogens with zero attached hydrogens (tertiary/aromatic N) is 1. The number of amides is 1. The van der Waals surface area contributed by atoms with E-state index in [4.69, 9.17) is 9.47 Å². The Morgan fingerprint density at radius 3 is 2.50 bits per heavy atom. The van der Waals surface area contributed by atoms with Crippen molar-refractivity contribution in [3.63, 3.8) is 0 Å². The second-order valence-electron chi connectivity index (χ2n) is 6.29. The van der Waals surface area contributed by atoms with Crippen LogP contribution in [0.1, 0.15) is 23.2 Å². The fraction of sp³-hybridized carbons (Fsp3) is 0.350. The molecular weight excluding hydrogens is 332 g/mol. The van der Waals surface area contributed by atoms with Crippen molar-refractivity contribution in [2.75, 3.05) is 37.5 Å². The molecule has 0 saturated carbocycles. The van der Waals surface area contributed by atoms with Gasteiger partial charge in [-0.15, -0.1) is 0 Å². The number of aliphatic hydroxyl groups excluding tert-OH is 1. The van der Waals surface area contributed by atoms with E-state index in [1.807, 2.05) is 18.2 Å². The third-order valence-electron chi connectivity index (χ3n) is 4.58. The first-order chi connectivity index (χ1) is 12.6. The zero-order valence-corrected chi connectivity index (χ0v) is 15.1. The van der Waals surface area contributed by atoms with Gasteiger partial charge in [-0.1, -0.05) is 6.07 Å². The van der Waals surface area contributed by atoms with Gasteiger partial charge in [0.05, 0.1) is 20.3 Å². The number of ether oxygens (including phenoxy) is 2. The van der Waals surface area contributed by atoms with E-state index in [-0.39, 0.29) is 12.0 Å². The molecule has 2 N–H and O–H groups in total. The van der Waals surface area contributed by atoms with Gasteiger partial charge in [0.25, 0.3) is 5.91 Å². The molecule has 1 heterocycles. The summed E-state index contributed by atoms with van der Waals surface area (Å²) in [5, 5.41) is 12.5. The van der Waals surface area contributed by atoms with Crippen molar-refractivity contribution in [3.8, 4) is 11.5 Å². The number of nitrogens with one attached hydrogen (secondary N) is 1. The van der Waals surface area contributed by atoms with Crippen LogP contribution in [0.15, 0.2) is 42.5 Å². The standard InChI is InChI=1S/C20H24N2O4/c1-25-18-7-6-15(13-19(18)26-2)21-20(24)14-4-3-5-16(12-14)22-10-8-17(23)9-11-22/h3-7,12-13,17,23H,8-11H2,1-2H3,(H,21,24). The zero-order chi connectivity index (χ0) is 18.5. The molecule has 1 saturated heterocycles. The summed E-state index contributed by atoms with van der Waals surface area (Å²) in [4.78, 5) is 14.8. The fourth-order valence-electron chi connectivity index (χ4n) is 3.09. The smallest absolute Gasteiger partial charge is 0.255 e. The van der Waals surface area contributed by atoms with Crippen LogP contribution in [0.3, 0.4) is 0 Å². The van der Waals surface area contributed by atoms with E-state index in [0.717, 1.165) is 31.6 Å². The van der Waals surface area contributed by atoms with E-state index >= 15 is 0 Å². The van der Waals surface area contributed by atoms with E-state index in [2.05, 4.69) is 10.2 Å². The van der Waals surface area contributed by atoms with Gasteiger partial charge >= 0.3 is 0 Å². The van der Waals surface area contributed by atoms with Crippen LogP contribution in [0, 0.1) is 0 Å². The molecule has 3 rings (SSSR count). The zero-order valence-electron chi connectivity index (χ0n) is 15.1. The first-order valence-corrected chi connectivity index (χ1v) is 8.67. The molecule has 0 spiro atoms. The maximum atomic E-state index is 12.6. The minimum absolute atomic E-state index is 0.184. The van der Waals surface area contributed by atoms with Crippen molar-refractivity contribution in [1.82, 2.24) is 0 Å². The third-order valence-corrected chi connectivity index (χ3v) is 4.58. The molecule has 0 aromatic heterocycles. The summed E-state index contributed by atoms with van der Waals surface area (Å²) in [5.41, 5.74) is 2.22. The molecule has 0 radical (unpaired) electrons. The summed E-state index contributed by atoms with van der Waals surface area (Å²) in [6.07, 6.45) is 1.28. The number of carbonyl (C=O) groups excluding carboxylic acids is 1. The molecule has 2 aromatic rings. The van der Waals surface area contributed by atoms with Crippen LogP contribution in [0.5, 0.6) is 11.5 Å². The van der Waals surface area contributed by atoms with Gasteiger partial charge in [0, 0.05) is 36.1 Å². The molecule has 6 nitrogen and oxygen atoms in total. The fourth-order valence-corrected chi connectivity index (χ4v) is 3.09. The quantitative estimate of drug-likeness (QED) is 0.862. The predicted octanol–water partition coefficient (Wildman–Crippen LogP) is 2.92. The lowest BCUT2D eigenvalue weighted by Gasteiger charge is -2.31. The molecule has 1 aliphatic rings. The Hall–Kier alpha value is -2.73. The summed E-state index contributed by atoms with van der Waals surface area (Å²) in [5.74, 6) is 0.988. The van der Waals surface area contributed by atoms with Gasteiger partial charge in [0.15, 0.2) is 11.5 Å². The molecule has 26 heavy (non-hydrogen) atoms. The molecule has 1 amide bonds. The maximum absolute atomic E-state index is 12.6. The van der Waals surface area contributed by atoms with Crippen molar-refractivity contribution in [1.29, 1.82) is 0 Å². The largest absolute Gasteiger partial charge is 0.493 e. The maximum Gasteiger partial charge on any atom is 0.255 e. The van der Waals surface area contributed by atoms with Crippen LogP contribution in [-0.2, 0) is 0 Å². The van der Waals surface area contributed by atoms with E-state index < -0.39 is 0 Å². The van der Waals surface area contributed by atoms with E-state index in [1.54, 1.807) is 38.5 Å². The molecule has 0 bridgehead atoms. The van der Waals surface area contributed by atoms with Gasteiger partial charge in [-0.2, -0.15) is 0 Å². The van der Waals surface area contributed by atoms with Crippen molar-refractivity contribution >= 4 is 17.3 Å². The Bertz CT molecular complexity index is 770. The Kier molecular flexibility index (Phi) is 5.63. The molecule has 2 aromatic carbocycles. The van der Waals surface area contributed by atoms with Crippen LogP contribution in [0.4, 0.5) is 11.4 Å². The number of rotatable bonds is 5. The first kappa shape index (κ1) is 18.1. The summed E-state index contributed by atoms with van der Waals surface area (Å²) < 4.78 is 10.5. The Balaban J connectivity index is 1.73. The van der Waals surface area contributed by atoms with Gasteiger partial charge in [-0.25, -0.2) is 0 Å². The predicted molar refractivity (Wildman–Crippen MR) is 101 cm³/mol. The molecule has 138 valence electrons. The van der Waals surface area contributed by atoms with Crippen molar-refractivity contribution in [3.05, 3.63) is 48.0 Å². The highest BCUT2D eigenvalue weighted by molar-refractivity contribution is 6.05. The van der Waals surface area contributed by atoms with Gasteiger partial charge in [-0.3, -0.25) is 4.79 Å². The molecular formula is C20H24N2O4. The topological polar surface area (TPSA) is 71.0 Å². The second-order valence-corrected chi connectivity index (χ2v) is 6.29.